The molecular weight excluding hydrogens is 736 g/mol. The molecule has 3 amide bonds. The number of aromatic nitrogens is 4. The number of nitrogens with zero attached hydrogens (tertiary/aromatic N) is 5. The minimum Gasteiger partial charge on any atom is -0.431 e. The SMILES string of the molecule is CN(C)C(C(=O)N1CCC[C@H]1c1ncc(-c2ccc(-c3ccc(-c4cnc([C@@H]5CCCN5C(=O)[C@H](OC(N)=O)c5ccccc5)[nH]4)cc3)cc2)[nH]1)c1cccc(F)c1. The van der Waals surface area contributed by atoms with Crippen LogP contribution in [0.3, 0.4) is 0 Å². The molecule has 296 valence electrons. The van der Waals surface area contributed by atoms with E-state index >= 15 is 0 Å². The van der Waals surface area contributed by atoms with Gasteiger partial charge in [0.25, 0.3) is 5.91 Å². The van der Waals surface area contributed by atoms with Crippen LogP contribution in [-0.2, 0) is 14.3 Å². The number of imidazole rings is 2. The van der Waals surface area contributed by atoms with E-state index in [1.54, 1.807) is 47.5 Å². The summed E-state index contributed by atoms with van der Waals surface area (Å²) in [6.45, 7) is 1.12. The van der Waals surface area contributed by atoms with Crippen molar-refractivity contribution < 1.29 is 23.5 Å². The highest BCUT2D eigenvalue weighted by molar-refractivity contribution is 5.85. The van der Waals surface area contributed by atoms with E-state index in [2.05, 4.69) is 51.4 Å². The number of rotatable bonds is 11. The van der Waals surface area contributed by atoms with Crippen LogP contribution in [0.5, 0.6) is 0 Å². The lowest BCUT2D eigenvalue weighted by atomic mass is 10.0. The van der Waals surface area contributed by atoms with Gasteiger partial charge in [0.15, 0.2) is 0 Å². The van der Waals surface area contributed by atoms with Crippen LogP contribution >= 0.6 is 0 Å². The highest BCUT2D eigenvalue weighted by Gasteiger charge is 2.39. The van der Waals surface area contributed by atoms with Crippen LogP contribution in [0.15, 0.2) is 116 Å². The van der Waals surface area contributed by atoms with E-state index in [0.29, 0.717) is 30.0 Å². The lowest BCUT2D eigenvalue weighted by molar-refractivity contribution is -0.141. The van der Waals surface area contributed by atoms with Crippen LogP contribution in [0, 0.1) is 5.82 Å². The molecule has 4 N–H and O–H groups in total. The average Bonchev–Trinajstić information content (AvgIpc) is 4.07. The monoisotopic (exact) mass is 780 g/mol. The van der Waals surface area contributed by atoms with Crippen LogP contribution in [-0.4, -0.2) is 79.7 Å². The molecule has 0 saturated carbocycles. The maximum absolute atomic E-state index is 14.1. The van der Waals surface area contributed by atoms with Crippen molar-refractivity contribution in [1.82, 2.24) is 34.6 Å². The third-order valence-electron chi connectivity index (χ3n) is 11.1. The zero-order valence-corrected chi connectivity index (χ0v) is 32.3. The number of nitrogens with one attached hydrogen (secondary N) is 2. The Balaban J connectivity index is 0.930. The zero-order chi connectivity index (χ0) is 40.3. The number of aromatic amines is 2. The van der Waals surface area contributed by atoms with E-state index in [1.807, 2.05) is 48.3 Å². The van der Waals surface area contributed by atoms with E-state index in [9.17, 15) is 18.8 Å². The third kappa shape index (κ3) is 7.85. The fourth-order valence-electron chi connectivity index (χ4n) is 8.27. The Kier molecular flexibility index (Phi) is 10.9. The van der Waals surface area contributed by atoms with Crippen molar-refractivity contribution in [3.05, 3.63) is 144 Å². The molecular formula is C45H45FN8O4. The number of likely N-dealkylation sites (N-methyl/N-ethyl adjacent to an activating group) is 1. The van der Waals surface area contributed by atoms with Crippen LogP contribution in [0.25, 0.3) is 33.6 Å². The van der Waals surface area contributed by atoms with Gasteiger partial charge in [-0.3, -0.25) is 14.5 Å². The number of hydrogen-bond donors (Lipinski definition) is 3. The first-order valence-electron chi connectivity index (χ1n) is 19.5. The molecule has 58 heavy (non-hydrogen) atoms. The normalized spacial score (nSPS) is 17.7. The van der Waals surface area contributed by atoms with Gasteiger partial charge in [-0.15, -0.1) is 0 Å². The summed E-state index contributed by atoms with van der Waals surface area (Å²) < 4.78 is 19.4. The molecule has 12 nitrogen and oxygen atoms in total. The highest BCUT2D eigenvalue weighted by atomic mass is 19.1. The number of amides is 3. The molecule has 2 aliphatic heterocycles. The Morgan fingerprint density at radius 1 is 0.707 bits per heavy atom. The number of carbonyl (C=O) groups is 3. The summed E-state index contributed by atoms with van der Waals surface area (Å²) in [6.07, 6.45) is 4.60. The van der Waals surface area contributed by atoms with Gasteiger partial charge in [-0.05, 0) is 79.7 Å². The van der Waals surface area contributed by atoms with Gasteiger partial charge in [0.1, 0.15) is 23.5 Å². The van der Waals surface area contributed by atoms with Gasteiger partial charge in [-0.1, -0.05) is 91.0 Å². The number of halogens is 1. The van der Waals surface area contributed by atoms with E-state index in [0.717, 1.165) is 65.1 Å². The summed E-state index contributed by atoms with van der Waals surface area (Å²) in [4.78, 5) is 61.0. The first-order valence-corrected chi connectivity index (χ1v) is 19.5. The molecule has 8 rings (SSSR count). The van der Waals surface area contributed by atoms with Crippen molar-refractivity contribution >= 4 is 17.9 Å². The molecule has 2 aromatic heterocycles. The number of H-pyrrole nitrogens is 2. The van der Waals surface area contributed by atoms with Crippen LogP contribution in [0.2, 0.25) is 0 Å². The standard InChI is InChI=1S/C45H45FN8O4/c1-52(2)39(33-11-6-12-34(46)25-33)43(55)53-23-7-13-37(53)41-48-26-35(50-41)30-19-15-28(16-20-30)29-17-21-31(22-18-29)36-27-49-42(51-36)38-14-8-24-54(38)44(56)40(58-45(47)57)32-9-4-3-5-10-32/h3-6,9-12,15-22,25-27,37-40H,7-8,13-14,23-24H2,1-2H3,(H2,47,57)(H,48,50)(H,49,51)/t37-,38-,39?,40+/m0/s1. The van der Waals surface area contributed by atoms with Gasteiger partial charge < -0.3 is 30.2 Å². The number of benzene rings is 4. The number of hydrogen-bond acceptors (Lipinski definition) is 7. The van der Waals surface area contributed by atoms with Crippen LogP contribution in [0.1, 0.15) is 72.7 Å². The Morgan fingerprint density at radius 3 is 1.71 bits per heavy atom. The summed E-state index contributed by atoms with van der Waals surface area (Å²) in [6, 6.07) is 30.5. The zero-order valence-electron chi connectivity index (χ0n) is 32.3. The molecule has 0 spiro atoms. The van der Waals surface area contributed by atoms with Crippen LogP contribution in [0.4, 0.5) is 9.18 Å². The second-order valence-corrected chi connectivity index (χ2v) is 15.0. The van der Waals surface area contributed by atoms with Gasteiger partial charge in [0, 0.05) is 18.7 Å². The molecule has 0 bridgehead atoms. The van der Waals surface area contributed by atoms with Crippen molar-refractivity contribution in [3.63, 3.8) is 0 Å². The summed E-state index contributed by atoms with van der Waals surface area (Å²) in [5.74, 6) is 0.633. The highest BCUT2D eigenvalue weighted by Crippen LogP contribution is 2.37. The molecule has 6 aromatic rings. The molecule has 4 aromatic carbocycles. The van der Waals surface area contributed by atoms with Gasteiger partial charge in [0.05, 0.1) is 35.9 Å². The first-order chi connectivity index (χ1) is 28.1. The van der Waals surface area contributed by atoms with Gasteiger partial charge in [-0.25, -0.2) is 19.2 Å². The Morgan fingerprint density at radius 2 is 1.21 bits per heavy atom. The Bertz CT molecular complexity index is 2400. The topological polar surface area (TPSA) is 154 Å². The molecule has 1 unspecified atom stereocenters. The van der Waals surface area contributed by atoms with Gasteiger partial charge >= 0.3 is 6.09 Å². The lowest BCUT2D eigenvalue weighted by Crippen LogP contribution is -2.40. The van der Waals surface area contributed by atoms with Crippen LogP contribution < -0.4 is 5.73 Å². The molecule has 2 saturated heterocycles. The lowest BCUT2D eigenvalue weighted by Gasteiger charge is -2.31. The van der Waals surface area contributed by atoms with E-state index in [1.165, 1.54) is 12.1 Å². The fraction of sp³-hybridized carbons (Fsp3) is 0.267. The van der Waals surface area contributed by atoms with Crippen molar-refractivity contribution in [2.45, 2.75) is 49.9 Å². The number of carbonyl (C=O) groups excluding carboxylic acids is 3. The number of ether oxygens (including phenoxy) is 1. The van der Waals surface area contributed by atoms with Crippen molar-refractivity contribution in [1.29, 1.82) is 0 Å². The van der Waals surface area contributed by atoms with E-state index < -0.39 is 18.2 Å². The molecule has 4 heterocycles. The number of primary amides is 1. The summed E-state index contributed by atoms with van der Waals surface area (Å²) in [5, 5.41) is 0. The Labute approximate surface area is 335 Å². The van der Waals surface area contributed by atoms with Gasteiger partial charge in [-0.2, -0.15) is 0 Å². The molecule has 0 aliphatic carbocycles. The number of nitrogens with two attached hydrogens (primary N) is 1. The second-order valence-electron chi connectivity index (χ2n) is 15.0. The third-order valence-corrected chi connectivity index (χ3v) is 11.1. The fourth-order valence-corrected chi connectivity index (χ4v) is 8.27. The summed E-state index contributed by atoms with van der Waals surface area (Å²) in [5.41, 5.74) is 12.2. The molecule has 0 radical (unpaired) electrons. The Hall–Kier alpha value is -6.60. The molecule has 13 heteroatoms. The minimum absolute atomic E-state index is 0.0715. The maximum atomic E-state index is 14.1. The maximum Gasteiger partial charge on any atom is 0.405 e. The summed E-state index contributed by atoms with van der Waals surface area (Å²) >= 11 is 0. The predicted octanol–water partition coefficient (Wildman–Crippen LogP) is 7.74. The summed E-state index contributed by atoms with van der Waals surface area (Å²) in [7, 11) is 3.67. The second kappa shape index (κ2) is 16.5. The van der Waals surface area contributed by atoms with E-state index in [4.69, 9.17) is 15.5 Å². The minimum atomic E-state index is -1.14. The molecule has 2 aliphatic rings. The smallest absolute Gasteiger partial charge is 0.405 e. The number of likely N-dealkylation sites (tertiary alicyclic amines) is 2. The predicted molar refractivity (Wildman–Crippen MR) is 217 cm³/mol. The largest absolute Gasteiger partial charge is 0.431 e. The quantitative estimate of drug-likeness (QED) is 0.122. The van der Waals surface area contributed by atoms with Gasteiger partial charge in [0.2, 0.25) is 12.0 Å². The average molecular weight is 781 g/mol. The first kappa shape index (κ1) is 38.3. The van der Waals surface area contributed by atoms with Crippen molar-refractivity contribution in [2.75, 3.05) is 27.2 Å². The van der Waals surface area contributed by atoms with Crippen molar-refractivity contribution in [3.8, 4) is 33.6 Å². The van der Waals surface area contributed by atoms with E-state index in [-0.39, 0.29) is 29.7 Å². The van der Waals surface area contributed by atoms with Crippen molar-refractivity contribution in [2.24, 2.45) is 5.73 Å². The molecule has 2 fully saturated rings. The molecule has 4 atom stereocenters.